The lowest BCUT2D eigenvalue weighted by atomic mass is 10.2. The SMILES string of the molecule is C=C(C)C(=O)OCCCCN(C)c1ccc(N=Nc2ccc(N=Nc3ccc([N+](=O)[O-])cc3)cc2)cc1. The molecule has 190 valence electrons. The lowest BCUT2D eigenvalue weighted by molar-refractivity contribution is -0.384. The molecule has 0 atom stereocenters. The number of carbonyl (C=O) groups excluding carboxylic acids is 1. The predicted octanol–water partition coefficient (Wildman–Crippen LogP) is 7.76. The Morgan fingerprint density at radius 2 is 1.27 bits per heavy atom. The van der Waals surface area contributed by atoms with E-state index in [0.29, 0.717) is 29.2 Å². The van der Waals surface area contributed by atoms with Gasteiger partial charge in [-0.15, -0.1) is 0 Å². The van der Waals surface area contributed by atoms with Gasteiger partial charge in [0.2, 0.25) is 0 Å². The van der Waals surface area contributed by atoms with Crippen LogP contribution in [0.5, 0.6) is 0 Å². The topological polar surface area (TPSA) is 122 Å². The molecule has 10 nitrogen and oxygen atoms in total. The highest BCUT2D eigenvalue weighted by Gasteiger charge is 2.05. The molecule has 0 N–H and O–H groups in total. The molecule has 0 aromatic heterocycles. The first-order chi connectivity index (χ1) is 17.8. The summed E-state index contributed by atoms with van der Waals surface area (Å²) in [4.78, 5) is 23.8. The average molecular weight is 501 g/mol. The van der Waals surface area contributed by atoms with Crippen molar-refractivity contribution in [1.82, 2.24) is 0 Å². The Morgan fingerprint density at radius 1 is 0.838 bits per heavy atom. The number of nitro groups is 1. The van der Waals surface area contributed by atoms with Crippen molar-refractivity contribution >= 4 is 40.1 Å². The number of non-ortho nitro benzene ring substituents is 1. The number of esters is 1. The summed E-state index contributed by atoms with van der Waals surface area (Å²) < 4.78 is 5.11. The van der Waals surface area contributed by atoms with Gasteiger partial charge in [0, 0.05) is 37.0 Å². The van der Waals surface area contributed by atoms with E-state index in [2.05, 4.69) is 31.9 Å². The molecule has 0 radical (unpaired) electrons. The molecule has 3 rings (SSSR count). The first kappa shape index (κ1) is 26.9. The van der Waals surface area contributed by atoms with Gasteiger partial charge in [0.15, 0.2) is 0 Å². The minimum atomic E-state index is -0.460. The smallest absolute Gasteiger partial charge is 0.333 e. The maximum atomic E-state index is 11.4. The normalized spacial score (nSPS) is 11.1. The summed E-state index contributed by atoms with van der Waals surface area (Å²) >= 11 is 0. The van der Waals surface area contributed by atoms with E-state index in [0.717, 1.165) is 30.8 Å². The minimum Gasteiger partial charge on any atom is -0.462 e. The molecule has 0 aliphatic heterocycles. The number of azo groups is 2. The first-order valence-electron chi connectivity index (χ1n) is 11.6. The molecule has 3 aromatic rings. The second-order valence-corrected chi connectivity index (χ2v) is 8.25. The molecule has 37 heavy (non-hydrogen) atoms. The van der Waals surface area contributed by atoms with Crippen LogP contribution in [-0.4, -0.2) is 31.1 Å². The average Bonchev–Trinajstić information content (AvgIpc) is 2.91. The molecular formula is C27H28N6O4. The van der Waals surface area contributed by atoms with E-state index in [4.69, 9.17) is 4.74 Å². The van der Waals surface area contributed by atoms with Crippen molar-refractivity contribution in [1.29, 1.82) is 0 Å². The Morgan fingerprint density at radius 3 is 1.70 bits per heavy atom. The van der Waals surface area contributed by atoms with Gasteiger partial charge < -0.3 is 9.64 Å². The van der Waals surface area contributed by atoms with Gasteiger partial charge in [0.25, 0.3) is 5.69 Å². The van der Waals surface area contributed by atoms with E-state index >= 15 is 0 Å². The Hall–Kier alpha value is -4.73. The van der Waals surface area contributed by atoms with Gasteiger partial charge in [-0.2, -0.15) is 20.5 Å². The molecule has 10 heteroatoms. The minimum absolute atomic E-state index is 0.00562. The number of carbonyl (C=O) groups is 1. The van der Waals surface area contributed by atoms with Gasteiger partial charge in [-0.3, -0.25) is 10.1 Å². The van der Waals surface area contributed by atoms with Crippen molar-refractivity contribution in [2.45, 2.75) is 19.8 Å². The summed E-state index contributed by atoms with van der Waals surface area (Å²) in [5.74, 6) is -0.348. The molecule has 0 aliphatic carbocycles. The van der Waals surface area contributed by atoms with Crippen LogP contribution in [-0.2, 0) is 9.53 Å². The zero-order valence-corrected chi connectivity index (χ0v) is 20.8. The summed E-state index contributed by atoms with van der Waals surface area (Å²) in [5.41, 5.74) is 4.02. The molecule has 0 unspecified atom stereocenters. The lowest BCUT2D eigenvalue weighted by Crippen LogP contribution is -2.19. The van der Waals surface area contributed by atoms with Crippen LogP contribution < -0.4 is 4.90 Å². The summed E-state index contributed by atoms with van der Waals surface area (Å²) in [5, 5.41) is 27.5. The molecule has 0 saturated carbocycles. The third-order valence-electron chi connectivity index (χ3n) is 5.23. The number of anilines is 1. The van der Waals surface area contributed by atoms with Gasteiger partial charge >= 0.3 is 5.97 Å². The number of hydrogen-bond acceptors (Lipinski definition) is 9. The molecular weight excluding hydrogens is 472 g/mol. The van der Waals surface area contributed by atoms with Crippen molar-refractivity contribution < 1.29 is 14.5 Å². The van der Waals surface area contributed by atoms with Crippen LogP contribution in [0.25, 0.3) is 0 Å². The maximum absolute atomic E-state index is 11.4. The van der Waals surface area contributed by atoms with Gasteiger partial charge in [0.05, 0.1) is 34.3 Å². The van der Waals surface area contributed by atoms with Crippen molar-refractivity contribution in [3.8, 4) is 0 Å². The van der Waals surface area contributed by atoms with Crippen LogP contribution in [0.4, 0.5) is 34.1 Å². The standard InChI is InChI=1S/C27H28N6O4/c1-20(2)27(34)37-19-5-4-18-32(3)25-14-10-23(11-15-25)30-28-21-6-8-22(9-7-21)29-31-24-12-16-26(17-13-24)33(35)36/h6-17H,1,4-5,18-19H2,2-3H3. The van der Waals surface area contributed by atoms with Crippen LogP contribution in [0.3, 0.4) is 0 Å². The third kappa shape index (κ3) is 8.77. The highest BCUT2D eigenvalue weighted by Crippen LogP contribution is 2.25. The number of nitrogens with zero attached hydrogens (tertiary/aromatic N) is 6. The maximum Gasteiger partial charge on any atom is 0.333 e. The van der Waals surface area contributed by atoms with Crippen molar-refractivity contribution in [3.05, 3.63) is 95.1 Å². The Labute approximate surface area is 215 Å². The number of rotatable bonds is 12. The van der Waals surface area contributed by atoms with E-state index in [1.165, 1.54) is 24.3 Å². The second-order valence-electron chi connectivity index (χ2n) is 8.25. The van der Waals surface area contributed by atoms with Gasteiger partial charge in [-0.25, -0.2) is 4.79 Å². The van der Waals surface area contributed by atoms with E-state index < -0.39 is 4.92 Å². The monoisotopic (exact) mass is 500 g/mol. The number of ether oxygens (including phenoxy) is 1. The quantitative estimate of drug-likeness (QED) is 0.0628. The molecule has 3 aromatic carbocycles. The van der Waals surface area contributed by atoms with Crippen LogP contribution >= 0.6 is 0 Å². The molecule has 0 fully saturated rings. The fourth-order valence-corrected chi connectivity index (χ4v) is 3.10. The third-order valence-corrected chi connectivity index (χ3v) is 5.23. The Balaban J connectivity index is 1.46. The molecule has 0 saturated heterocycles. The zero-order valence-electron chi connectivity index (χ0n) is 20.8. The van der Waals surface area contributed by atoms with Crippen molar-refractivity contribution in [2.75, 3.05) is 25.1 Å². The highest BCUT2D eigenvalue weighted by molar-refractivity contribution is 5.86. The van der Waals surface area contributed by atoms with Gasteiger partial charge in [-0.1, -0.05) is 6.58 Å². The number of hydrogen-bond donors (Lipinski definition) is 0. The van der Waals surface area contributed by atoms with E-state index in [-0.39, 0.29) is 11.7 Å². The number of benzene rings is 3. The Bertz CT molecular complexity index is 1270. The van der Waals surface area contributed by atoms with E-state index in [9.17, 15) is 14.9 Å². The van der Waals surface area contributed by atoms with Crippen molar-refractivity contribution in [3.63, 3.8) is 0 Å². The molecule has 0 aliphatic rings. The van der Waals surface area contributed by atoms with E-state index in [1.807, 2.05) is 31.3 Å². The highest BCUT2D eigenvalue weighted by atomic mass is 16.6. The Kier molecular flexibility index (Phi) is 9.72. The zero-order chi connectivity index (χ0) is 26.6. The predicted molar refractivity (Wildman–Crippen MR) is 143 cm³/mol. The first-order valence-corrected chi connectivity index (χ1v) is 11.6. The van der Waals surface area contributed by atoms with Crippen molar-refractivity contribution in [2.24, 2.45) is 20.5 Å². The molecule has 0 spiro atoms. The summed E-state index contributed by atoms with van der Waals surface area (Å²) in [7, 11) is 2.01. The largest absolute Gasteiger partial charge is 0.462 e. The van der Waals surface area contributed by atoms with Gasteiger partial charge in [0.1, 0.15) is 0 Å². The van der Waals surface area contributed by atoms with Crippen LogP contribution in [0.1, 0.15) is 19.8 Å². The van der Waals surface area contributed by atoms with Crippen LogP contribution in [0.2, 0.25) is 0 Å². The summed E-state index contributed by atoms with van der Waals surface area (Å²) in [6.45, 7) is 6.43. The lowest BCUT2D eigenvalue weighted by Gasteiger charge is -2.19. The summed E-state index contributed by atoms with van der Waals surface area (Å²) in [6, 6.07) is 20.7. The van der Waals surface area contributed by atoms with Gasteiger partial charge in [-0.05, 0) is 80.4 Å². The summed E-state index contributed by atoms with van der Waals surface area (Å²) in [6.07, 6.45) is 1.68. The number of nitro benzene ring substituents is 1. The fraction of sp³-hybridized carbons (Fsp3) is 0.222. The molecule has 0 amide bonds. The van der Waals surface area contributed by atoms with Crippen LogP contribution in [0.15, 0.2) is 105 Å². The molecule has 0 bridgehead atoms. The fourth-order valence-electron chi connectivity index (χ4n) is 3.10. The number of unbranched alkanes of at least 4 members (excludes halogenated alkanes) is 1. The van der Waals surface area contributed by atoms with E-state index in [1.54, 1.807) is 31.2 Å². The molecule has 0 heterocycles. The second kappa shape index (κ2) is 13.4. The van der Waals surface area contributed by atoms with Crippen LogP contribution in [0, 0.1) is 10.1 Å².